The molecule has 19 heavy (non-hydrogen) atoms. The van der Waals surface area contributed by atoms with Gasteiger partial charge in [0.25, 0.3) is 0 Å². The highest BCUT2D eigenvalue weighted by Crippen LogP contribution is 2.17. The van der Waals surface area contributed by atoms with Crippen molar-refractivity contribution in [2.24, 2.45) is 0 Å². The van der Waals surface area contributed by atoms with E-state index in [9.17, 15) is 9.59 Å². The Morgan fingerprint density at radius 3 is 2.53 bits per heavy atom. The number of rotatable bonds is 7. The van der Waals surface area contributed by atoms with Crippen molar-refractivity contribution >= 4 is 23.3 Å². The maximum absolute atomic E-state index is 12.0. The fraction of sp³-hybridized carbons (Fsp3) is 0.467. The summed E-state index contributed by atoms with van der Waals surface area (Å²) >= 11 is 5.95. The molecule has 1 aromatic carbocycles. The van der Waals surface area contributed by atoms with Gasteiger partial charge in [-0.2, -0.15) is 0 Å². The third kappa shape index (κ3) is 5.03. The van der Waals surface area contributed by atoms with Crippen LogP contribution in [0, 0.1) is 0 Å². The monoisotopic (exact) mass is 281 g/mol. The van der Waals surface area contributed by atoms with Gasteiger partial charge in [-0.3, -0.25) is 9.59 Å². The molecule has 0 aliphatic heterocycles. The lowest BCUT2D eigenvalue weighted by atomic mass is 10.1. The number of benzene rings is 1. The van der Waals surface area contributed by atoms with Crippen LogP contribution in [0.3, 0.4) is 0 Å². The van der Waals surface area contributed by atoms with E-state index in [0.29, 0.717) is 10.6 Å². The van der Waals surface area contributed by atoms with Gasteiger partial charge < -0.3 is 4.90 Å². The Labute approximate surface area is 119 Å². The largest absolute Gasteiger partial charge is 0.346 e. The number of hydrogen-bond acceptors (Lipinski definition) is 2. The van der Waals surface area contributed by atoms with E-state index in [1.54, 1.807) is 36.2 Å². The van der Waals surface area contributed by atoms with E-state index < -0.39 is 0 Å². The average Bonchev–Trinajstić information content (AvgIpc) is 2.42. The minimum Gasteiger partial charge on any atom is -0.346 e. The molecule has 0 spiro atoms. The second-order valence-electron chi connectivity index (χ2n) is 4.57. The quantitative estimate of drug-likeness (QED) is 0.717. The highest BCUT2D eigenvalue weighted by Gasteiger charge is 2.14. The van der Waals surface area contributed by atoms with Crippen LogP contribution in [0.2, 0.25) is 5.02 Å². The van der Waals surface area contributed by atoms with Crippen LogP contribution in [0.1, 0.15) is 43.0 Å². The van der Waals surface area contributed by atoms with E-state index >= 15 is 0 Å². The van der Waals surface area contributed by atoms with E-state index in [0.717, 1.165) is 19.4 Å². The van der Waals surface area contributed by atoms with Crippen LogP contribution < -0.4 is 0 Å². The van der Waals surface area contributed by atoms with Crippen molar-refractivity contribution in [3.8, 4) is 0 Å². The lowest BCUT2D eigenvalue weighted by molar-refractivity contribution is -0.129. The number of Topliss-reactive ketones (excluding diaryl/α,β-unsaturated/α-hetero) is 1. The second kappa shape index (κ2) is 7.95. The molecule has 0 N–H and O–H groups in total. The van der Waals surface area contributed by atoms with Gasteiger partial charge in [0.1, 0.15) is 0 Å². The van der Waals surface area contributed by atoms with Crippen molar-refractivity contribution in [1.29, 1.82) is 0 Å². The third-order valence-electron chi connectivity index (χ3n) is 3.01. The molecular formula is C15H20ClNO2. The number of halogens is 1. The van der Waals surface area contributed by atoms with Crippen molar-refractivity contribution < 1.29 is 9.59 Å². The first-order valence-corrected chi connectivity index (χ1v) is 6.95. The van der Waals surface area contributed by atoms with Gasteiger partial charge in [-0.15, -0.1) is 0 Å². The van der Waals surface area contributed by atoms with Gasteiger partial charge in [-0.25, -0.2) is 0 Å². The van der Waals surface area contributed by atoms with Gasteiger partial charge in [0.05, 0.1) is 5.02 Å². The fourth-order valence-electron chi connectivity index (χ4n) is 1.75. The van der Waals surface area contributed by atoms with Crippen molar-refractivity contribution in [3.05, 3.63) is 34.9 Å². The predicted molar refractivity (Wildman–Crippen MR) is 77.6 cm³/mol. The van der Waals surface area contributed by atoms with E-state index in [2.05, 4.69) is 6.92 Å². The molecule has 0 atom stereocenters. The van der Waals surface area contributed by atoms with Crippen LogP contribution in [-0.4, -0.2) is 30.2 Å². The van der Waals surface area contributed by atoms with Crippen molar-refractivity contribution in [2.75, 3.05) is 13.6 Å². The van der Waals surface area contributed by atoms with E-state index in [1.165, 1.54) is 0 Å². The van der Waals surface area contributed by atoms with Gasteiger partial charge in [0.2, 0.25) is 5.91 Å². The molecule has 0 saturated carbocycles. The van der Waals surface area contributed by atoms with Gasteiger partial charge in [0.15, 0.2) is 5.78 Å². The molecule has 0 aliphatic rings. The number of carbonyl (C=O) groups is 2. The molecule has 0 unspecified atom stereocenters. The van der Waals surface area contributed by atoms with Crippen LogP contribution in [0.25, 0.3) is 0 Å². The van der Waals surface area contributed by atoms with Crippen LogP contribution in [-0.2, 0) is 4.79 Å². The molecule has 1 rings (SSSR count). The zero-order chi connectivity index (χ0) is 14.3. The minimum atomic E-state index is -0.0807. The van der Waals surface area contributed by atoms with Crippen LogP contribution in [0.15, 0.2) is 24.3 Å². The Hall–Kier alpha value is -1.35. The first kappa shape index (κ1) is 15.7. The Balaban J connectivity index is 2.46. The first-order chi connectivity index (χ1) is 9.06. The SMILES string of the molecule is CCCCN(C)C(=O)CCC(=O)c1ccccc1Cl. The lowest BCUT2D eigenvalue weighted by Gasteiger charge is -2.16. The average molecular weight is 282 g/mol. The molecule has 104 valence electrons. The van der Waals surface area contributed by atoms with Crippen LogP contribution >= 0.6 is 11.6 Å². The maximum Gasteiger partial charge on any atom is 0.222 e. The summed E-state index contributed by atoms with van der Waals surface area (Å²) in [6.07, 6.45) is 2.49. The Morgan fingerprint density at radius 1 is 1.21 bits per heavy atom. The highest BCUT2D eigenvalue weighted by atomic mass is 35.5. The molecule has 0 bridgehead atoms. The zero-order valence-corrected chi connectivity index (χ0v) is 12.2. The number of carbonyl (C=O) groups excluding carboxylic acids is 2. The molecular weight excluding hydrogens is 262 g/mol. The van der Waals surface area contributed by atoms with Gasteiger partial charge in [0, 0.05) is 32.0 Å². The molecule has 0 aromatic heterocycles. The van der Waals surface area contributed by atoms with Gasteiger partial charge in [-0.05, 0) is 18.6 Å². The summed E-state index contributed by atoms with van der Waals surface area (Å²) in [5.41, 5.74) is 0.494. The van der Waals surface area contributed by atoms with E-state index in [4.69, 9.17) is 11.6 Å². The maximum atomic E-state index is 12.0. The molecule has 0 aliphatic carbocycles. The summed E-state index contributed by atoms with van der Waals surface area (Å²) in [4.78, 5) is 25.4. The number of hydrogen-bond donors (Lipinski definition) is 0. The van der Waals surface area contributed by atoms with Gasteiger partial charge in [-0.1, -0.05) is 37.1 Å². The number of amides is 1. The van der Waals surface area contributed by atoms with Crippen molar-refractivity contribution in [1.82, 2.24) is 4.90 Å². The van der Waals surface area contributed by atoms with Crippen LogP contribution in [0.4, 0.5) is 0 Å². The summed E-state index contributed by atoms with van der Waals surface area (Å²) in [7, 11) is 1.78. The summed E-state index contributed by atoms with van der Waals surface area (Å²) < 4.78 is 0. The summed E-state index contributed by atoms with van der Waals surface area (Å²) in [6.45, 7) is 2.83. The van der Waals surface area contributed by atoms with Crippen LogP contribution in [0.5, 0.6) is 0 Å². The minimum absolute atomic E-state index is 0.00820. The Bertz CT molecular complexity index is 446. The smallest absolute Gasteiger partial charge is 0.222 e. The first-order valence-electron chi connectivity index (χ1n) is 6.58. The van der Waals surface area contributed by atoms with Gasteiger partial charge >= 0.3 is 0 Å². The number of ketones is 1. The molecule has 0 heterocycles. The molecule has 0 saturated heterocycles. The molecule has 0 fully saturated rings. The molecule has 4 heteroatoms. The van der Waals surface area contributed by atoms with Crippen molar-refractivity contribution in [3.63, 3.8) is 0 Å². The fourth-order valence-corrected chi connectivity index (χ4v) is 1.99. The molecule has 0 radical (unpaired) electrons. The highest BCUT2D eigenvalue weighted by molar-refractivity contribution is 6.34. The molecule has 3 nitrogen and oxygen atoms in total. The van der Waals surface area contributed by atoms with E-state index in [-0.39, 0.29) is 24.5 Å². The Kier molecular flexibility index (Phi) is 6.57. The normalized spacial score (nSPS) is 10.3. The summed E-state index contributed by atoms with van der Waals surface area (Å²) in [5.74, 6) is -0.0725. The third-order valence-corrected chi connectivity index (χ3v) is 3.34. The lowest BCUT2D eigenvalue weighted by Crippen LogP contribution is -2.27. The molecule has 1 amide bonds. The zero-order valence-electron chi connectivity index (χ0n) is 11.5. The molecule has 1 aromatic rings. The van der Waals surface area contributed by atoms with E-state index in [1.807, 2.05) is 0 Å². The Morgan fingerprint density at radius 2 is 1.89 bits per heavy atom. The number of unbranched alkanes of at least 4 members (excludes halogenated alkanes) is 1. The second-order valence-corrected chi connectivity index (χ2v) is 4.98. The number of nitrogens with zero attached hydrogens (tertiary/aromatic N) is 1. The summed E-state index contributed by atoms with van der Waals surface area (Å²) in [5, 5.41) is 0.444. The summed E-state index contributed by atoms with van der Waals surface area (Å²) in [6, 6.07) is 6.93. The standard InChI is InChI=1S/C15H20ClNO2/c1-3-4-11-17(2)15(19)10-9-14(18)12-7-5-6-8-13(12)16/h5-8H,3-4,9-11H2,1-2H3. The predicted octanol–water partition coefficient (Wildman–Crippen LogP) is 3.56. The topological polar surface area (TPSA) is 37.4 Å². The van der Waals surface area contributed by atoms with Crippen molar-refractivity contribution in [2.45, 2.75) is 32.6 Å².